The molecule has 1 fully saturated rings. The molecule has 2 heterocycles. The van der Waals surface area contributed by atoms with Gasteiger partial charge in [0, 0.05) is 6.61 Å². The van der Waals surface area contributed by atoms with Crippen molar-refractivity contribution in [2.75, 3.05) is 13.2 Å². The van der Waals surface area contributed by atoms with Crippen LogP contribution < -0.4 is 5.73 Å². The Morgan fingerprint density at radius 2 is 2.50 bits per heavy atom. The quantitative estimate of drug-likeness (QED) is 0.642. The summed E-state index contributed by atoms with van der Waals surface area (Å²) < 4.78 is 9.90. The van der Waals surface area contributed by atoms with Crippen LogP contribution in [0.3, 0.4) is 0 Å². The monoisotopic (exact) mass is 169 g/mol. The maximum atomic E-state index is 6.01. The smallest absolute Gasteiger partial charge is 0.213 e. The molecule has 66 valence electrons. The number of nitrogens with two attached hydrogens (primary N) is 1. The summed E-state index contributed by atoms with van der Waals surface area (Å²) in [6.07, 6.45) is 3.09. The maximum Gasteiger partial charge on any atom is 0.213 e. The average Bonchev–Trinajstić information content (AvgIpc) is 2.58. The fraction of sp³-hybridized carbons (Fsp3) is 0.714. The number of hydrogen-bond donors (Lipinski definition) is 1. The van der Waals surface area contributed by atoms with E-state index in [-0.39, 0.29) is 0 Å². The Morgan fingerprint density at radius 3 is 3.08 bits per heavy atom. The zero-order valence-electron chi connectivity index (χ0n) is 6.69. The lowest BCUT2D eigenvalue weighted by Crippen LogP contribution is -2.45. The van der Waals surface area contributed by atoms with Gasteiger partial charge in [-0.2, -0.15) is 4.98 Å². The predicted octanol–water partition coefficient (Wildman–Crippen LogP) is 0.0340. The van der Waals surface area contributed by atoms with E-state index < -0.39 is 5.54 Å². The highest BCUT2D eigenvalue weighted by Gasteiger charge is 2.34. The van der Waals surface area contributed by atoms with E-state index in [4.69, 9.17) is 10.5 Å². The molecule has 0 spiro atoms. The van der Waals surface area contributed by atoms with Crippen LogP contribution in [0.15, 0.2) is 10.9 Å². The molecule has 1 aromatic rings. The van der Waals surface area contributed by atoms with Gasteiger partial charge in [-0.05, 0) is 12.8 Å². The Kier molecular flexibility index (Phi) is 1.82. The van der Waals surface area contributed by atoms with Gasteiger partial charge in [-0.25, -0.2) is 0 Å². The Labute approximate surface area is 69.9 Å². The molecular weight excluding hydrogens is 158 g/mol. The van der Waals surface area contributed by atoms with Crippen molar-refractivity contribution >= 4 is 0 Å². The van der Waals surface area contributed by atoms with Crippen molar-refractivity contribution < 1.29 is 9.26 Å². The van der Waals surface area contributed by atoms with E-state index in [1.54, 1.807) is 0 Å². The molecular formula is C7H11N3O2. The summed E-state index contributed by atoms with van der Waals surface area (Å²) in [6.45, 7) is 1.25. The molecule has 0 amide bonds. The van der Waals surface area contributed by atoms with E-state index in [0.29, 0.717) is 12.4 Å². The van der Waals surface area contributed by atoms with E-state index >= 15 is 0 Å². The number of aromatic nitrogens is 2. The highest BCUT2D eigenvalue weighted by atomic mass is 16.5. The molecule has 5 nitrogen and oxygen atoms in total. The molecule has 1 aromatic heterocycles. The van der Waals surface area contributed by atoms with Gasteiger partial charge >= 0.3 is 0 Å². The van der Waals surface area contributed by atoms with Crippen LogP contribution >= 0.6 is 0 Å². The minimum absolute atomic E-state index is 0.479. The highest BCUT2D eigenvalue weighted by molar-refractivity contribution is 5.02. The van der Waals surface area contributed by atoms with Crippen LogP contribution in [0.25, 0.3) is 0 Å². The molecule has 2 N–H and O–H groups in total. The number of rotatable bonds is 1. The molecule has 0 radical (unpaired) electrons. The highest BCUT2D eigenvalue weighted by Crippen LogP contribution is 2.24. The van der Waals surface area contributed by atoms with Crippen molar-refractivity contribution in [1.29, 1.82) is 0 Å². The maximum absolute atomic E-state index is 6.01. The molecule has 5 heteroatoms. The van der Waals surface area contributed by atoms with Gasteiger partial charge in [-0.1, -0.05) is 5.16 Å². The van der Waals surface area contributed by atoms with Gasteiger partial charge in [0.15, 0.2) is 5.82 Å². The Hall–Kier alpha value is -0.940. The van der Waals surface area contributed by atoms with Gasteiger partial charge < -0.3 is 15.0 Å². The molecule has 12 heavy (non-hydrogen) atoms. The summed E-state index contributed by atoms with van der Waals surface area (Å²) >= 11 is 0. The minimum Gasteiger partial charge on any atom is -0.379 e. The second-order valence-corrected chi connectivity index (χ2v) is 3.07. The molecule has 1 aliphatic rings. The van der Waals surface area contributed by atoms with Crippen LogP contribution in [-0.4, -0.2) is 23.4 Å². The summed E-state index contributed by atoms with van der Waals surface area (Å²) in [6, 6.07) is 0. The van der Waals surface area contributed by atoms with E-state index in [2.05, 4.69) is 14.7 Å². The van der Waals surface area contributed by atoms with Crippen LogP contribution in [0.1, 0.15) is 18.7 Å². The van der Waals surface area contributed by atoms with E-state index in [1.165, 1.54) is 6.39 Å². The first-order chi connectivity index (χ1) is 5.81. The number of ether oxygens (including phenoxy) is 1. The second kappa shape index (κ2) is 2.84. The Bertz CT molecular complexity index is 241. The van der Waals surface area contributed by atoms with Gasteiger partial charge in [-0.15, -0.1) is 0 Å². The largest absolute Gasteiger partial charge is 0.379 e. The van der Waals surface area contributed by atoms with Gasteiger partial charge in [0.1, 0.15) is 5.54 Å². The Balaban J connectivity index is 2.19. The molecule has 1 saturated heterocycles. The summed E-state index contributed by atoms with van der Waals surface area (Å²) in [5, 5.41) is 3.72. The lowest BCUT2D eigenvalue weighted by molar-refractivity contribution is 0.0320. The summed E-state index contributed by atoms with van der Waals surface area (Å²) in [5.74, 6) is 0.544. The predicted molar refractivity (Wildman–Crippen MR) is 40.2 cm³/mol. The molecule has 1 atom stereocenters. The van der Waals surface area contributed by atoms with Crippen LogP contribution in [0, 0.1) is 0 Å². The topological polar surface area (TPSA) is 74.2 Å². The zero-order valence-corrected chi connectivity index (χ0v) is 6.69. The van der Waals surface area contributed by atoms with E-state index in [9.17, 15) is 0 Å². The molecule has 0 saturated carbocycles. The Morgan fingerprint density at radius 1 is 1.58 bits per heavy atom. The fourth-order valence-electron chi connectivity index (χ4n) is 1.38. The average molecular weight is 169 g/mol. The first kappa shape index (κ1) is 7.70. The minimum atomic E-state index is -0.536. The third-order valence-electron chi connectivity index (χ3n) is 2.08. The lowest BCUT2D eigenvalue weighted by Gasteiger charge is -2.29. The van der Waals surface area contributed by atoms with E-state index in [1.807, 2.05) is 0 Å². The van der Waals surface area contributed by atoms with Gasteiger partial charge in [-0.3, -0.25) is 0 Å². The van der Waals surface area contributed by atoms with Gasteiger partial charge in [0.2, 0.25) is 6.39 Å². The van der Waals surface area contributed by atoms with Crippen molar-refractivity contribution in [3.8, 4) is 0 Å². The molecule has 2 rings (SSSR count). The molecule has 1 unspecified atom stereocenters. The van der Waals surface area contributed by atoms with Crippen LogP contribution in [0.2, 0.25) is 0 Å². The van der Waals surface area contributed by atoms with Crippen molar-refractivity contribution in [1.82, 2.24) is 10.1 Å². The van der Waals surface area contributed by atoms with Crippen molar-refractivity contribution in [3.63, 3.8) is 0 Å². The summed E-state index contributed by atoms with van der Waals surface area (Å²) in [7, 11) is 0. The molecule has 0 aliphatic carbocycles. The summed E-state index contributed by atoms with van der Waals surface area (Å²) in [5.41, 5.74) is 5.48. The van der Waals surface area contributed by atoms with Gasteiger partial charge in [0.25, 0.3) is 0 Å². The fourth-order valence-corrected chi connectivity index (χ4v) is 1.38. The number of hydrogen-bond acceptors (Lipinski definition) is 5. The first-order valence-corrected chi connectivity index (χ1v) is 3.95. The van der Waals surface area contributed by atoms with Crippen molar-refractivity contribution in [2.24, 2.45) is 5.73 Å². The molecule has 0 aromatic carbocycles. The lowest BCUT2D eigenvalue weighted by atomic mass is 9.93. The SMILES string of the molecule is NC1(c2ncon2)CCCOC1. The third kappa shape index (κ3) is 1.21. The second-order valence-electron chi connectivity index (χ2n) is 3.07. The van der Waals surface area contributed by atoms with Crippen LogP contribution in [0.5, 0.6) is 0 Å². The molecule has 0 bridgehead atoms. The van der Waals surface area contributed by atoms with Crippen LogP contribution in [-0.2, 0) is 10.3 Å². The third-order valence-corrected chi connectivity index (χ3v) is 2.08. The van der Waals surface area contributed by atoms with E-state index in [0.717, 1.165) is 19.4 Å². The normalized spacial score (nSPS) is 30.4. The van der Waals surface area contributed by atoms with Crippen molar-refractivity contribution in [3.05, 3.63) is 12.2 Å². The van der Waals surface area contributed by atoms with Gasteiger partial charge in [0.05, 0.1) is 6.61 Å². The van der Waals surface area contributed by atoms with Crippen LogP contribution in [0.4, 0.5) is 0 Å². The first-order valence-electron chi connectivity index (χ1n) is 3.95. The zero-order chi connectivity index (χ0) is 8.44. The molecule has 1 aliphatic heterocycles. The summed E-state index contributed by atoms with van der Waals surface area (Å²) in [4.78, 5) is 3.93. The standard InChI is InChI=1S/C7H11N3O2/c8-7(2-1-3-11-4-7)6-9-5-12-10-6/h5H,1-4,8H2. The number of nitrogens with zero attached hydrogens (tertiary/aromatic N) is 2. The van der Waals surface area contributed by atoms with Crippen molar-refractivity contribution in [2.45, 2.75) is 18.4 Å².